The number of hydrogen-bond donors (Lipinski definition) is 2. The molecule has 1 saturated heterocycles. The van der Waals surface area contributed by atoms with Crippen LogP contribution in [0.1, 0.15) is 12.8 Å². The molecule has 5 heteroatoms. The van der Waals surface area contributed by atoms with E-state index < -0.39 is 0 Å². The van der Waals surface area contributed by atoms with Crippen LogP contribution in [0.15, 0.2) is 23.1 Å². The molecule has 1 fully saturated rings. The fraction of sp³-hybridized carbons (Fsp3) is 0.364. The van der Waals surface area contributed by atoms with Crippen LogP contribution in [0, 0.1) is 5.82 Å². The van der Waals surface area contributed by atoms with Crippen molar-refractivity contribution in [2.45, 2.75) is 23.8 Å². The summed E-state index contributed by atoms with van der Waals surface area (Å²) in [5.41, 5.74) is 6.31. The minimum atomic E-state index is -0.285. The highest BCUT2D eigenvalue weighted by molar-refractivity contribution is 7.99. The van der Waals surface area contributed by atoms with E-state index in [1.54, 1.807) is 6.07 Å². The van der Waals surface area contributed by atoms with Gasteiger partial charge >= 0.3 is 0 Å². The lowest BCUT2D eigenvalue weighted by atomic mass is 10.2. The van der Waals surface area contributed by atoms with E-state index in [2.05, 4.69) is 5.32 Å². The molecule has 1 aromatic rings. The average molecular weight is 240 g/mol. The molecule has 1 aliphatic rings. The molecule has 0 bridgehead atoms. The van der Waals surface area contributed by atoms with Gasteiger partial charge in [0.15, 0.2) is 0 Å². The van der Waals surface area contributed by atoms with Gasteiger partial charge in [-0.1, -0.05) is 0 Å². The number of carbonyl (C=O) groups excluding carboxylic acids is 1. The first-order valence-electron chi connectivity index (χ1n) is 5.12. The first kappa shape index (κ1) is 11.3. The zero-order valence-corrected chi connectivity index (χ0v) is 9.52. The number of nitrogen functional groups attached to an aromatic ring is 1. The van der Waals surface area contributed by atoms with Crippen LogP contribution < -0.4 is 11.1 Å². The maximum absolute atomic E-state index is 13.0. The summed E-state index contributed by atoms with van der Waals surface area (Å²) in [6.45, 7) is 0. The first-order valence-corrected chi connectivity index (χ1v) is 6.11. The Labute approximate surface area is 97.6 Å². The molecule has 0 aliphatic carbocycles. The number of nitrogens with two attached hydrogens (primary N) is 1. The highest BCUT2D eigenvalue weighted by Crippen LogP contribution is 2.27. The molecule has 3 N–H and O–H groups in total. The zero-order chi connectivity index (χ0) is 11.5. The largest absolute Gasteiger partial charge is 0.398 e. The van der Waals surface area contributed by atoms with Crippen LogP contribution in [0.2, 0.25) is 0 Å². The molecule has 0 aromatic heterocycles. The van der Waals surface area contributed by atoms with Crippen LogP contribution >= 0.6 is 11.8 Å². The van der Waals surface area contributed by atoms with Gasteiger partial charge in [-0.05, 0) is 24.6 Å². The molecule has 0 saturated carbocycles. The van der Waals surface area contributed by atoms with Crippen LogP contribution in [0.5, 0.6) is 0 Å². The van der Waals surface area contributed by atoms with Gasteiger partial charge < -0.3 is 11.1 Å². The van der Waals surface area contributed by atoms with Crippen molar-refractivity contribution in [3.05, 3.63) is 24.0 Å². The molecule has 1 amide bonds. The van der Waals surface area contributed by atoms with Gasteiger partial charge in [-0.3, -0.25) is 4.79 Å². The molecule has 86 valence electrons. The molecule has 1 atom stereocenters. The summed E-state index contributed by atoms with van der Waals surface area (Å²) in [7, 11) is 0. The molecule has 1 unspecified atom stereocenters. The summed E-state index contributed by atoms with van der Waals surface area (Å²) < 4.78 is 13.0. The Bertz CT molecular complexity index is 411. The van der Waals surface area contributed by atoms with E-state index in [1.165, 1.54) is 23.9 Å². The lowest BCUT2D eigenvalue weighted by Crippen LogP contribution is -2.27. The van der Waals surface area contributed by atoms with Crippen molar-refractivity contribution in [3.8, 4) is 0 Å². The Morgan fingerprint density at radius 2 is 2.38 bits per heavy atom. The molecule has 0 radical (unpaired) electrons. The number of anilines is 1. The van der Waals surface area contributed by atoms with Crippen LogP contribution in [-0.2, 0) is 4.79 Å². The van der Waals surface area contributed by atoms with Crippen LogP contribution in [-0.4, -0.2) is 17.7 Å². The summed E-state index contributed by atoms with van der Waals surface area (Å²) >= 11 is 1.48. The van der Waals surface area contributed by atoms with Gasteiger partial charge in [0.1, 0.15) is 5.82 Å². The van der Waals surface area contributed by atoms with Gasteiger partial charge in [0, 0.05) is 28.8 Å². The number of nitrogens with one attached hydrogen (secondary N) is 1. The smallest absolute Gasteiger partial charge is 0.220 e. The lowest BCUT2D eigenvalue weighted by Gasteiger charge is -2.10. The third kappa shape index (κ3) is 2.66. The summed E-state index contributed by atoms with van der Waals surface area (Å²) in [6.07, 6.45) is 1.44. The van der Waals surface area contributed by atoms with Crippen molar-refractivity contribution in [1.29, 1.82) is 0 Å². The summed E-state index contributed by atoms with van der Waals surface area (Å²) in [5.74, 6) is 0.546. The monoisotopic (exact) mass is 240 g/mol. The fourth-order valence-corrected chi connectivity index (χ4v) is 2.69. The normalized spacial score (nSPS) is 19.8. The van der Waals surface area contributed by atoms with Crippen LogP contribution in [0.4, 0.5) is 10.1 Å². The quantitative estimate of drug-likeness (QED) is 0.625. The molecule has 3 nitrogen and oxygen atoms in total. The third-order valence-corrected chi connectivity index (χ3v) is 3.73. The van der Waals surface area contributed by atoms with E-state index in [9.17, 15) is 9.18 Å². The Morgan fingerprint density at radius 1 is 1.56 bits per heavy atom. The Hall–Kier alpha value is -1.23. The standard InChI is InChI=1S/C11H13FN2OS/c12-7-1-3-9(13)10(5-7)16-6-8-2-4-11(15)14-8/h1,3,5,8H,2,4,6,13H2,(H,14,15). The van der Waals surface area contributed by atoms with E-state index in [0.717, 1.165) is 17.1 Å². The van der Waals surface area contributed by atoms with Crippen molar-refractivity contribution in [1.82, 2.24) is 5.32 Å². The van der Waals surface area contributed by atoms with E-state index >= 15 is 0 Å². The van der Waals surface area contributed by atoms with E-state index in [0.29, 0.717) is 12.1 Å². The van der Waals surface area contributed by atoms with Gasteiger partial charge in [-0.2, -0.15) is 0 Å². The maximum Gasteiger partial charge on any atom is 0.220 e. The number of hydrogen-bond acceptors (Lipinski definition) is 3. The van der Waals surface area contributed by atoms with Crippen molar-refractivity contribution >= 4 is 23.4 Å². The number of amides is 1. The lowest BCUT2D eigenvalue weighted by molar-refractivity contribution is -0.119. The minimum Gasteiger partial charge on any atom is -0.398 e. The molecular weight excluding hydrogens is 227 g/mol. The van der Waals surface area contributed by atoms with E-state index in [4.69, 9.17) is 5.73 Å². The van der Waals surface area contributed by atoms with Gasteiger partial charge in [-0.15, -0.1) is 11.8 Å². The molecule has 16 heavy (non-hydrogen) atoms. The SMILES string of the molecule is Nc1ccc(F)cc1SCC1CCC(=O)N1. The summed E-state index contributed by atoms with van der Waals surface area (Å²) in [5, 5.41) is 2.86. The Balaban J connectivity index is 1.94. The summed E-state index contributed by atoms with van der Waals surface area (Å²) in [4.78, 5) is 11.7. The predicted octanol–water partition coefficient (Wildman–Crippen LogP) is 1.78. The van der Waals surface area contributed by atoms with Crippen LogP contribution in [0.25, 0.3) is 0 Å². The first-order chi connectivity index (χ1) is 7.65. The molecule has 0 spiro atoms. The Morgan fingerprint density at radius 3 is 3.06 bits per heavy atom. The second-order valence-corrected chi connectivity index (χ2v) is 4.86. The molecule has 1 aromatic carbocycles. The highest BCUT2D eigenvalue weighted by Gasteiger charge is 2.20. The maximum atomic E-state index is 13.0. The van der Waals surface area contributed by atoms with Crippen molar-refractivity contribution in [2.75, 3.05) is 11.5 Å². The molecular formula is C11H13FN2OS. The van der Waals surface area contributed by atoms with E-state index in [1.807, 2.05) is 0 Å². The number of thioether (sulfide) groups is 1. The zero-order valence-electron chi connectivity index (χ0n) is 8.70. The van der Waals surface area contributed by atoms with Gasteiger partial charge in [0.2, 0.25) is 5.91 Å². The summed E-state index contributed by atoms with van der Waals surface area (Å²) in [6, 6.07) is 4.51. The van der Waals surface area contributed by atoms with Gasteiger partial charge in [0.05, 0.1) is 0 Å². The molecule has 1 heterocycles. The number of halogens is 1. The van der Waals surface area contributed by atoms with Crippen molar-refractivity contribution in [3.63, 3.8) is 0 Å². The number of rotatable bonds is 3. The van der Waals surface area contributed by atoms with Crippen molar-refractivity contribution in [2.24, 2.45) is 0 Å². The minimum absolute atomic E-state index is 0.0952. The predicted molar refractivity (Wildman–Crippen MR) is 62.7 cm³/mol. The highest BCUT2D eigenvalue weighted by atomic mass is 32.2. The van der Waals surface area contributed by atoms with Crippen molar-refractivity contribution < 1.29 is 9.18 Å². The third-order valence-electron chi connectivity index (χ3n) is 2.50. The Kier molecular flexibility index (Phi) is 3.33. The fourth-order valence-electron chi connectivity index (χ4n) is 1.63. The number of benzene rings is 1. The second kappa shape index (κ2) is 4.74. The topological polar surface area (TPSA) is 55.1 Å². The molecule has 1 aliphatic heterocycles. The van der Waals surface area contributed by atoms with Gasteiger partial charge in [0.25, 0.3) is 0 Å². The second-order valence-electron chi connectivity index (χ2n) is 3.80. The molecule has 2 rings (SSSR count). The average Bonchev–Trinajstić information content (AvgIpc) is 2.66. The van der Waals surface area contributed by atoms with E-state index in [-0.39, 0.29) is 17.8 Å². The van der Waals surface area contributed by atoms with Crippen LogP contribution in [0.3, 0.4) is 0 Å². The van der Waals surface area contributed by atoms with Gasteiger partial charge in [-0.25, -0.2) is 4.39 Å². The number of carbonyl (C=O) groups is 1.